The zero-order chi connectivity index (χ0) is 16.1. The van der Waals surface area contributed by atoms with Gasteiger partial charge in [0.05, 0.1) is 12.1 Å². The molecule has 7 nitrogen and oxygen atoms in total. The summed E-state index contributed by atoms with van der Waals surface area (Å²) in [5, 5.41) is 3.83. The van der Waals surface area contributed by atoms with Crippen LogP contribution >= 0.6 is 24.2 Å². The summed E-state index contributed by atoms with van der Waals surface area (Å²) < 4.78 is 5.23. The Balaban J connectivity index is 0.00000264. The Morgan fingerprint density at radius 3 is 2.57 bits per heavy atom. The predicted molar refractivity (Wildman–Crippen MR) is 93.8 cm³/mol. The van der Waals surface area contributed by atoms with E-state index in [0.717, 1.165) is 25.3 Å². The summed E-state index contributed by atoms with van der Waals surface area (Å²) in [6, 6.07) is -0.307. The molecule has 1 aromatic heterocycles. The van der Waals surface area contributed by atoms with E-state index < -0.39 is 0 Å². The van der Waals surface area contributed by atoms with Crippen LogP contribution in [-0.4, -0.2) is 70.1 Å². The normalized spacial score (nSPS) is 18.3. The van der Waals surface area contributed by atoms with Crippen molar-refractivity contribution >= 4 is 30.1 Å². The van der Waals surface area contributed by atoms with Gasteiger partial charge in [-0.25, -0.2) is 0 Å². The van der Waals surface area contributed by atoms with E-state index in [4.69, 9.17) is 10.3 Å². The zero-order valence-electron chi connectivity index (χ0n) is 13.9. The summed E-state index contributed by atoms with van der Waals surface area (Å²) in [6.45, 7) is 6.85. The number of hydrogen-bond donors (Lipinski definition) is 1. The van der Waals surface area contributed by atoms with Gasteiger partial charge in [-0.15, -0.1) is 12.4 Å². The number of carbonyl (C=O) groups excluding carboxylic acids is 1. The number of piperazine rings is 1. The van der Waals surface area contributed by atoms with Crippen molar-refractivity contribution < 1.29 is 9.32 Å². The average Bonchev–Trinajstić information content (AvgIpc) is 2.97. The lowest BCUT2D eigenvalue weighted by Crippen LogP contribution is -2.53. The molecule has 0 radical (unpaired) electrons. The number of amides is 1. The Bertz CT molecular complexity index is 493. The molecule has 1 aliphatic heterocycles. The fourth-order valence-electron chi connectivity index (χ4n) is 2.57. The molecule has 2 N–H and O–H groups in total. The molecule has 1 amide bonds. The van der Waals surface area contributed by atoms with E-state index in [1.54, 1.807) is 11.8 Å². The number of nitrogens with zero attached hydrogens (tertiary/aromatic N) is 4. The second kappa shape index (κ2) is 9.46. The van der Waals surface area contributed by atoms with Gasteiger partial charge in [-0.05, 0) is 32.3 Å². The lowest BCUT2D eigenvalue weighted by Gasteiger charge is -2.37. The number of hydrogen-bond acceptors (Lipinski definition) is 7. The van der Waals surface area contributed by atoms with E-state index in [1.165, 1.54) is 0 Å². The summed E-state index contributed by atoms with van der Waals surface area (Å²) in [4.78, 5) is 20.7. The van der Waals surface area contributed by atoms with Gasteiger partial charge in [-0.3, -0.25) is 9.69 Å². The third-order valence-corrected chi connectivity index (χ3v) is 4.67. The maximum atomic E-state index is 12.3. The Hall–Kier alpha value is -0.830. The molecule has 0 aliphatic carbocycles. The molecule has 1 fully saturated rings. The molecule has 2 heterocycles. The fourth-order valence-corrected chi connectivity index (χ4v) is 3.06. The van der Waals surface area contributed by atoms with E-state index in [-0.39, 0.29) is 30.4 Å². The second-order valence-corrected chi connectivity index (χ2v) is 6.59. The van der Waals surface area contributed by atoms with Crippen LogP contribution < -0.4 is 5.73 Å². The molecule has 0 bridgehead atoms. The van der Waals surface area contributed by atoms with Gasteiger partial charge >= 0.3 is 0 Å². The molecular formula is C14H26ClN5O2S. The minimum atomic E-state index is -0.380. The highest BCUT2D eigenvalue weighted by Gasteiger charge is 2.29. The quantitative estimate of drug-likeness (QED) is 0.809. The number of nitrogens with two attached hydrogens (primary N) is 1. The van der Waals surface area contributed by atoms with Crippen LogP contribution in [0.5, 0.6) is 0 Å². The van der Waals surface area contributed by atoms with E-state index in [9.17, 15) is 4.79 Å². The van der Waals surface area contributed by atoms with Crippen molar-refractivity contribution in [3.63, 3.8) is 0 Å². The van der Waals surface area contributed by atoms with Gasteiger partial charge in [-0.2, -0.15) is 16.7 Å². The summed E-state index contributed by atoms with van der Waals surface area (Å²) >= 11 is 1.72. The van der Waals surface area contributed by atoms with Crippen LogP contribution in [0, 0.1) is 6.92 Å². The molecule has 0 saturated carbocycles. The molecule has 9 heteroatoms. The third-order valence-electron chi connectivity index (χ3n) is 4.02. The highest BCUT2D eigenvalue weighted by Crippen LogP contribution is 2.20. The third kappa shape index (κ3) is 5.34. The lowest BCUT2D eigenvalue weighted by molar-refractivity contribution is -0.134. The Labute approximate surface area is 147 Å². The van der Waals surface area contributed by atoms with E-state index in [2.05, 4.69) is 22.0 Å². The van der Waals surface area contributed by atoms with E-state index in [0.29, 0.717) is 24.8 Å². The molecule has 1 unspecified atom stereocenters. The molecule has 1 aromatic rings. The molecule has 2 atom stereocenters. The maximum Gasteiger partial charge on any atom is 0.243 e. The van der Waals surface area contributed by atoms with Crippen molar-refractivity contribution in [2.75, 3.05) is 38.2 Å². The van der Waals surface area contributed by atoms with Crippen LogP contribution in [0.2, 0.25) is 0 Å². The highest BCUT2D eigenvalue weighted by molar-refractivity contribution is 7.98. The van der Waals surface area contributed by atoms with Gasteiger partial charge in [0.1, 0.15) is 0 Å². The number of aromatic nitrogens is 2. The van der Waals surface area contributed by atoms with Gasteiger partial charge in [0, 0.05) is 26.2 Å². The SMILES string of the molecule is CSCC[C@H](N)C(=O)N1CCN(C(C)c2nc(C)no2)CC1.Cl. The van der Waals surface area contributed by atoms with E-state index >= 15 is 0 Å². The highest BCUT2D eigenvalue weighted by atomic mass is 35.5. The van der Waals surface area contributed by atoms with Crippen molar-refractivity contribution in [1.29, 1.82) is 0 Å². The minimum absolute atomic E-state index is 0. The molecule has 0 spiro atoms. The molecule has 1 saturated heterocycles. The maximum absolute atomic E-state index is 12.3. The van der Waals surface area contributed by atoms with Crippen molar-refractivity contribution in [1.82, 2.24) is 19.9 Å². The Morgan fingerprint density at radius 1 is 1.39 bits per heavy atom. The fraction of sp³-hybridized carbons (Fsp3) is 0.786. The Morgan fingerprint density at radius 2 is 2.04 bits per heavy atom. The van der Waals surface area contributed by atoms with Gasteiger partial charge in [-0.1, -0.05) is 5.16 Å². The van der Waals surface area contributed by atoms with Gasteiger partial charge in [0.15, 0.2) is 5.82 Å². The molecule has 23 heavy (non-hydrogen) atoms. The van der Waals surface area contributed by atoms with Crippen molar-refractivity contribution in [2.45, 2.75) is 32.4 Å². The molecular weight excluding hydrogens is 338 g/mol. The predicted octanol–water partition coefficient (Wildman–Crippen LogP) is 1.09. The van der Waals surface area contributed by atoms with Crippen LogP contribution in [0.3, 0.4) is 0 Å². The van der Waals surface area contributed by atoms with Crippen LogP contribution in [0.15, 0.2) is 4.52 Å². The summed E-state index contributed by atoms with van der Waals surface area (Å²) in [5.41, 5.74) is 5.97. The summed E-state index contributed by atoms with van der Waals surface area (Å²) in [5.74, 6) is 2.26. The van der Waals surface area contributed by atoms with Crippen LogP contribution in [0.25, 0.3) is 0 Å². The number of aryl methyl sites for hydroxylation is 1. The van der Waals surface area contributed by atoms with E-state index in [1.807, 2.05) is 18.1 Å². The van der Waals surface area contributed by atoms with Crippen LogP contribution in [-0.2, 0) is 4.79 Å². The summed E-state index contributed by atoms with van der Waals surface area (Å²) in [6.07, 6.45) is 2.76. The molecule has 0 aromatic carbocycles. The van der Waals surface area contributed by atoms with Crippen LogP contribution in [0.1, 0.15) is 31.1 Å². The first-order valence-electron chi connectivity index (χ1n) is 7.60. The minimum Gasteiger partial charge on any atom is -0.339 e. The lowest BCUT2D eigenvalue weighted by atomic mass is 10.1. The van der Waals surface area contributed by atoms with Gasteiger partial charge in [0.25, 0.3) is 0 Å². The topological polar surface area (TPSA) is 88.5 Å². The number of rotatable bonds is 6. The monoisotopic (exact) mass is 363 g/mol. The first kappa shape index (κ1) is 20.2. The first-order valence-corrected chi connectivity index (χ1v) is 9.00. The average molecular weight is 364 g/mol. The molecule has 1 aliphatic rings. The number of halogens is 1. The van der Waals surface area contributed by atoms with Gasteiger partial charge < -0.3 is 15.2 Å². The van der Waals surface area contributed by atoms with Crippen molar-refractivity contribution in [3.05, 3.63) is 11.7 Å². The zero-order valence-corrected chi connectivity index (χ0v) is 15.5. The van der Waals surface area contributed by atoms with Gasteiger partial charge in [0.2, 0.25) is 11.8 Å². The Kier molecular flexibility index (Phi) is 8.32. The largest absolute Gasteiger partial charge is 0.339 e. The number of thioether (sulfide) groups is 1. The first-order chi connectivity index (χ1) is 10.5. The smallest absolute Gasteiger partial charge is 0.243 e. The molecule has 2 rings (SSSR count). The second-order valence-electron chi connectivity index (χ2n) is 5.61. The summed E-state index contributed by atoms with van der Waals surface area (Å²) in [7, 11) is 0. The van der Waals surface area contributed by atoms with Crippen molar-refractivity contribution in [2.24, 2.45) is 5.73 Å². The van der Waals surface area contributed by atoms with Crippen LogP contribution in [0.4, 0.5) is 0 Å². The standard InChI is InChI=1S/C14H25N5O2S.ClH/c1-10(13-16-11(2)17-21-13)18-5-7-19(8-6-18)14(20)12(15)4-9-22-3;/h10,12H,4-9,15H2,1-3H3;1H/t10?,12-;/m0./s1. The molecule has 132 valence electrons. The number of carbonyl (C=O) groups is 1. The van der Waals surface area contributed by atoms with Crippen molar-refractivity contribution in [3.8, 4) is 0 Å².